The molecular weight excluding hydrogens is 334 g/mol. The van der Waals surface area contributed by atoms with Gasteiger partial charge in [0.2, 0.25) is 0 Å². The SMILES string of the molecule is Cl.O=C(O)CCN1CCC(=C(c2ccccc2)c2ccccc2)CC1. The van der Waals surface area contributed by atoms with Gasteiger partial charge in [0.25, 0.3) is 0 Å². The summed E-state index contributed by atoms with van der Waals surface area (Å²) in [5, 5.41) is 8.85. The van der Waals surface area contributed by atoms with E-state index in [2.05, 4.69) is 53.4 Å². The van der Waals surface area contributed by atoms with Gasteiger partial charge < -0.3 is 10.0 Å². The van der Waals surface area contributed by atoms with Gasteiger partial charge in [-0.05, 0) is 29.5 Å². The topological polar surface area (TPSA) is 40.5 Å². The average Bonchev–Trinajstić information content (AvgIpc) is 2.63. The molecule has 1 heterocycles. The Bertz CT molecular complexity index is 662. The van der Waals surface area contributed by atoms with Gasteiger partial charge in [0, 0.05) is 19.6 Å². The Morgan fingerprint density at radius 2 is 1.36 bits per heavy atom. The van der Waals surface area contributed by atoms with Crippen LogP contribution in [0, 0.1) is 0 Å². The van der Waals surface area contributed by atoms with Crippen LogP contribution < -0.4 is 0 Å². The number of likely N-dealkylation sites (tertiary alicyclic amines) is 1. The number of nitrogens with zero attached hydrogens (tertiary/aromatic N) is 1. The van der Waals surface area contributed by atoms with Crippen molar-refractivity contribution in [2.75, 3.05) is 19.6 Å². The lowest BCUT2D eigenvalue weighted by atomic mass is 9.88. The molecule has 25 heavy (non-hydrogen) atoms. The minimum atomic E-state index is -0.717. The van der Waals surface area contributed by atoms with E-state index in [1.807, 2.05) is 12.1 Å². The lowest BCUT2D eigenvalue weighted by Crippen LogP contribution is -2.32. The Balaban J connectivity index is 0.00000225. The molecule has 3 nitrogen and oxygen atoms in total. The first kappa shape index (κ1) is 19.2. The molecule has 0 bridgehead atoms. The number of piperidine rings is 1. The lowest BCUT2D eigenvalue weighted by molar-refractivity contribution is -0.137. The summed E-state index contributed by atoms with van der Waals surface area (Å²) in [5.41, 5.74) is 5.34. The van der Waals surface area contributed by atoms with Crippen molar-refractivity contribution in [2.24, 2.45) is 0 Å². The normalized spacial score (nSPS) is 14.6. The molecule has 0 unspecified atom stereocenters. The molecular formula is C21H24ClNO2. The second kappa shape index (κ2) is 9.40. The summed E-state index contributed by atoms with van der Waals surface area (Å²) in [5.74, 6) is -0.717. The largest absolute Gasteiger partial charge is 0.481 e. The van der Waals surface area contributed by atoms with E-state index in [0.717, 1.165) is 25.9 Å². The Hall–Kier alpha value is -2.10. The lowest BCUT2D eigenvalue weighted by Gasteiger charge is -2.29. The van der Waals surface area contributed by atoms with Crippen molar-refractivity contribution in [1.82, 2.24) is 4.90 Å². The molecule has 1 fully saturated rings. The molecule has 1 aliphatic rings. The van der Waals surface area contributed by atoms with E-state index in [1.54, 1.807) is 0 Å². The van der Waals surface area contributed by atoms with Crippen LogP contribution in [0.15, 0.2) is 66.2 Å². The highest BCUT2D eigenvalue weighted by Crippen LogP contribution is 2.32. The van der Waals surface area contributed by atoms with Crippen LogP contribution in [0.4, 0.5) is 0 Å². The summed E-state index contributed by atoms with van der Waals surface area (Å²) in [6.45, 7) is 2.52. The van der Waals surface area contributed by atoms with Crippen molar-refractivity contribution in [3.05, 3.63) is 77.4 Å². The molecule has 0 atom stereocenters. The molecule has 0 saturated carbocycles. The molecule has 0 spiro atoms. The molecule has 0 aromatic heterocycles. The Kier molecular flexibility index (Phi) is 7.23. The second-order valence-electron chi connectivity index (χ2n) is 6.20. The number of aliphatic carboxylic acids is 1. The zero-order valence-electron chi connectivity index (χ0n) is 14.2. The Labute approximate surface area is 155 Å². The van der Waals surface area contributed by atoms with Gasteiger partial charge in [-0.2, -0.15) is 0 Å². The van der Waals surface area contributed by atoms with Crippen LogP contribution in [0.3, 0.4) is 0 Å². The third-order valence-corrected chi connectivity index (χ3v) is 4.58. The van der Waals surface area contributed by atoms with Gasteiger partial charge in [-0.25, -0.2) is 0 Å². The number of hydrogen-bond donors (Lipinski definition) is 1. The zero-order valence-corrected chi connectivity index (χ0v) is 15.0. The Morgan fingerprint density at radius 1 is 0.880 bits per heavy atom. The third-order valence-electron chi connectivity index (χ3n) is 4.58. The number of carboxylic acids is 1. The molecule has 3 rings (SSSR count). The summed E-state index contributed by atoms with van der Waals surface area (Å²) >= 11 is 0. The zero-order chi connectivity index (χ0) is 16.8. The molecule has 4 heteroatoms. The number of hydrogen-bond acceptors (Lipinski definition) is 2. The molecule has 1 saturated heterocycles. The van der Waals surface area contributed by atoms with Crippen LogP contribution in [0.1, 0.15) is 30.4 Å². The van der Waals surface area contributed by atoms with Crippen LogP contribution in [-0.4, -0.2) is 35.6 Å². The average molecular weight is 358 g/mol. The van der Waals surface area contributed by atoms with Gasteiger partial charge in [0.1, 0.15) is 0 Å². The fourth-order valence-corrected chi connectivity index (χ4v) is 3.33. The minimum absolute atomic E-state index is 0. The van der Waals surface area contributed by atoms with Crippen molar-refractivity contribution in [3.63, 3.8) is 0 Å². The number of carboxylic acid groups (broad SMARTS) is 1. The number of halogens is 1. The monoisotopic (exact) mass is 357 g/mol. The molecule has 0 aliphatic carbocycles. The van der Waals surface area contributed by atoms with E-state index < -0.39 is 5.97 Å². The van der Waals surface area contributed by atoms with Gasteiger partial charge >= 0.3 is 5.97 Å². The molecule has 2 aromatic carbocycles. The minimum Gasteiger partial charge on any atom is -0.481 e. The van der Waals surface area contributed by atoms with Gasteiger partial charge in [0.15, 0.2) is 0 Å². The first-order chi connectivity index (χ1) is 11.7. The van der Waals surface area contributed by atoms with E-state index in [0.29, 0.717) is 6.54 Å². The maximum atomic E-state index is 10.7. The Morgan fingerprint density at radius 3 is 1.80 bits per heavy atom. The summed E-state index contributed by atoms with van der Waals surface area (Å²) < 4.78 is 0. The number of carbonyl (C=O) groups is 1. The van der Waals surface area contributed by atoms with Crippen LogP contribution in [0.2, 0.25) is 0 Å². The molecule has 132 valence electrons. The fourth-order valence-electron chi connectivity index (χ4n) is 3.33. The standard InChI is InChI=1S/C21H23NO2.ClH/c23-20(24)13-16-22-14-11-19(12-15-22)21(17-7-3-1-4-8-17)18-9-5-2-6-10-18;/h1-10H,11-16H2,(H,23,24);1H. The summed E-state index contributed by atoms with van der Waals surface area (Å²) in [4.78, 5) is 13.0. The third kappa shape index (κ3) is 5.18. The fraction of sp³-hybridized carbons (Fsp3) is 0.286. The van der Waals surface area contributed by atoms with Crippen molar-refractivity contribution in [3.8, 4) is 0 Å². The van der Waals surface area contributed by atoms with E-state index in [4.69, 9.17) is 5.11 Å². The quantitative estimate of drug-likeness (QED) is 0.857. The number of rotatable bonds is 5. The smallest absolute Gasteiger partial charge is 0.304 e. The van der Waals surface area contributed by atoms with Gasteiger partial charge in [-0.3, -0.25) is 4.79 Å². The molecule has 2 aromatic rings. The van der Waals surface area contributed by atoms with Crippen molar-refractivity contribution in [2.45, 2.75) is 19.3 Å². The van der Waals surface area contributed by atoms with Crippen LogP contribution in [0.25, 0.3) is 5.57 Å². The van der Waals surface area contributed by atoms with Crippen molar-refractivity contribution >= 4 is 23.9 Å². The summed E-state index contributed by atoms with van der Waals surface area (Å²) in [7, 11) is 0. The molecule has 0 radical (unpaired) electrons. The first-order valence-corrected chi connectivity index (χ1v) is 8.51. The van der Waals surface area contributed by atoms with E-state index >= 15 is 0 Å². The van der Waals surface area contributed by atoms with E-state index in [-0.39, 0.29) is 18.8 Å². The maximum absolute atomic E-state index is 10.7. The highest BCUT2D eigenvalue weighted by Gasteiger charge is 2.19. The summed E-state index contributed by atoms with van der Waals surface area (Å²) in [6.07, 6.45) is 2.22. The van der Waals surface area contributed by atoms with E-state index in [1.165, 1.54) is 22.3 Å². The van der Waals surface area contributed by atoms with Gasteiger partial charge in [-0.1, -0.05) is 66.2 Å². The maximum Gasteiger partial charge on any atom is 0.304 e. The highest BCUT2D eigenvalue weighted by atomic mass is 35.5. The second-order valence-corrected chi connectivity index (χ2v) is 6.20. The van der Waals surface area contributed by atoms with Gasteiger partial charge in [0.05, 0.1) is 6.42 Å². The van der Waals surface area contributed by atoms with Crippen LogP contribution in [-0.2, 0) is 4.79 Å². The van der Waals surface area contributed by atoms with Crippen molar-refractivity contribution < 1.29 is 9.90 Å². The predicted octanol–water partition coefficient (Wildman–Crippen LogP) is 4.48. The number of benzene rings is 2. The molecule has 0 amide bonds. The van der Waals surface area contributed by atoms with Gasteiger partial charge in [-0.15, -0.1) is 12.4 Å². The summed E-state index contributed by atoms with van der Waals surface area (Å²) in [6, 6.07) is 21.1. The molecule has 1 aliphatic heterocycles. The molecule has 1 N–H and O–H groups in total. The van der Waals surface area contributed by atoms with E-state index in [9.17, 15) is 4.79 Å². The predicted molar refractivity (Wildman–Crippen MR) is 104 cm³/mol. The first-order valence-electron chi connectivity index (χ1n) is 8.51. The van der Waals surface area contributed by atoms with Crippen LogP contribution in [0.5, 0.6) is 0 Å². The van der Waals surface area contributed by atoms with Crippen LogP contribution >= 0.6 is 12.4 Å². The highest BCUT2D eigenvalue weighted by molar-refractivity contribution is 5.85. The van der Waals surface area contributed by atoms with Crippen molar-refractivity contribution in [1.29, 1.82) is 0 Å².